The molecule has 1 aliphatic heterocycles. The van der Waals surface area contributed by atoms with Crippen LogP contribution in [0.3, 0.4) is 0 Å². The van der Waals surface area contributed by atoms with Crippen LogP contribution >= 0.6 is 0 Å². The normalized spacial score (nSPS) is 16.1. The second kappa shape index (κ2) is 7.17. The van der Waals surface area contributed by atoms with Crippen molar-refractivity contribution in [3.05, 3.63) is 35.9 Å². The number of halogens is 3. The van der Waals surface area contributed by atoms with Gasteiger partial charge in [-0.1, -0.05) is 12.1 Å². The Morgan fingerprint density at radius 1 is 1.41 bits per heavy atom. The second-order valence-electron chi connectivity index (χ2n) is 4.61. The first kappa shape index (κ1) is 16.2. The highest BCUT2D eigenvalue weighted by molar-refractivity contribution is 5.92. The average molecular weight is 315 g/mol. The molecule has 0 spiro atoms. The van der Waals surface area contributed by atoms with E-state index in [2.05, 4.69) is 15.0 Å². The van der Waals surface area contributed by atoms with Crippen molar-refractivity contribution in [1.29, 1.82) is 0 Å². The molecule has 0 saturated heterocycles. The molecule has 0 aromatic heterocycles. The number of ether oxygens (including phenoxy) is 2. The van der Waals surface area contributed by atoms with Crippen molar-refractivity contribution in [3.63, 3.8) is 0 Å². The summed E-state index contributed by atoms with van der Waals surface area (Å²) < 4.78 is 45.6. The van der Waals surface area contributed by atoms with Gasteiger partial charge in [0.1, 0.15) is 5.75 Å². The van der Waals surface area contributed by atoms with Gasteiger partial charge in [0.25, 0.3) is 0 Å². The molecular formula is C14H16F3N3O2. The molecule has 0 radical (unpaired) electrons. The van der Waals surface area contributed by atoms with Crippen LogP contribution in [0, 0.1) is 0 Å². The Kier molecular flexibility index (Phi) is 5.26. The SMILES string of the molecule is NC(=NCC1=CCCOC1)Nc1cccc(OC(F)(F)F)c1. The lowest BCUT2D eigenvalue weighted by Gasteiger charge is -2.13. The minimum atomic E-state index is -4.73. The van der Waals surface area contributed by atoms with E-state index in [4.69, 9.17) is 10.5 Å². The van der Waals surface area contributed by atoms with Crippen LogP contribution in [0.1, 0.15) is 6.42 Å². The minimum absolute atomic E-state index is 0.107. The van der Waals surface area contributed by atoms with Gasteiger partial charge in [-0.2, -0.15) is 0 Å². The van der Waals surface area contributed by atoms with E-state index in [1.165, 1.54) is 18.2 Å². The zero-order valence-corrected chi connectivity index (χ0v) is 11.7. The maximum absolute atomic E-state index is 12.2. The zero-order chi connectivity index (χ0) is 16.0. The van der Waals surface area contributed by atoms with Crippen LogP contribution < -0.4 is 15.8 Å². The summed E-state index contributed by atoms with van der Waals surface area (Å²) in [6.45, 7) is 1.61. The van der Waals surface area contributed by atoms with Gasteiger partial charge in [-0.15, -0.1) is 13.2 Å². The monoisotopic (exact) mass is 315 g/mol. The van der Waals surface area contributed by atoms with Crippen molar-refractivity contribution >= 4 is 11.6 Å². The van der Waals surface area contributed by atoms with Gasteiger partial charge in [0.05, 0.1) is 19.8 Å². The van der Waals surface area contributed by atoms with Crippen molar-refractivity contribution < 1.29 is 22.6 Å². The molecule has 0 atom stereocenters. The Morgan fingerprint density at radius 2 is 2.23 bits per heavy atom. The molecular weight excluding hydrogens is 299 g/mol. The first-order chi connectivity index (χ1) is 10.4. The summed E-state index contributed by atoms with van der Waals surface area (Å²) in [4.78, 5) is 4.12. The van der Waals surface area contributed by atoms with Gasteiger partial charge >= 0.3 is 6.36 Å². The lowest BCUT2D eigenvalue weighted by atomic mass is 10.2. The van der Waals surface area contributed by atoms with Crippen molar-refractivity contribution in [3.8, 4) is 5.75 Å². The second-order valence-corrected chi connectivity index (χ2v) is 4.61. The van der Waals surface area contributed by atoms with Crippen LogP contribution in [-0.2, 0) is 4.74 Å². The molecule has 120 valence electrons. The van der Waals surface area contributed by atoms with Gasteiger partial charge < -0.3 is 20.5 Å². The van der Waals surface area contributed by atoms with Crippen LogP contribution in [0.4, 0.5) is 18.9 Å². The molecule has 0 unspecified atom stereocenters. The third-order valence-corrected chi connectivity index (χ3v) is 2.78. The molecule has 8 heteroatoms. The maximum atomic E-state index is 12.2. The van der Waals surface area contributed by atoms with Crippen molar-refractivity contribution in [2.24, 2.45) is 10.7 Å². The van der Waals surface area contributed by atoms with E-state index >= 15 is 0 Å². The average Bonchev–Trinajstić information content (AvgIpc) is 2.45. The number of aliphatic imine (C=N–C) groups is 1. The molecule has 22 heavy (non-hydrogen) atoms. The fraction of sp³-hybridized carbons (Fsp3) is 0.357. The van der Waals surface area contributed by atoms with E-state index in [9.17, 15) is 13.2 Å². The number of hydrogen-bond acceptors (Lipinski definition) is 3. The molecule has 0 amide bonds. The fourth-order valence-corrected chi connectivity index (χ4v) is 1.86. The summed E-state index contributed by atoms with van der Waals surface area (Å²) in [5.74, 6) is -0.218. The predicted octanol–water partition coefficient (Wildman–Crippen LogP) is 2.66. The number of anilines is 1. The molecule has 0 saturated carbocycles. The van der Waals surface area contributed by atoms with Crippen LogP contribution in [-0.4, -0.2) is 32.1 Å². The first-order valence-corrected chi connectivity index (χ1v) is 6.61. The largest absolute Gasteiger partial charge is 0.573 e. The molecule has 5 nitrogen and oxygen atoms in total. The number of guanidine groups is 1. The van der Waals surface area contributed by atoms with Crippen LogP contribution in [0.2, 0.25) is 0 Å². The quantitative estimate of drug-likeness (QED) is 0.509. The van der Waals surface area contributed by atoms with Gasteiger partial charge in [-0.05, 0) is 24.1 Å². The topological polar surface area (TPSA) is 68.9 Å². The number of benzene rings is 1. The first-order valence-electron chi connectivity index (χ1n) is 6.61. The standard InChI is InChI=1S/C14H16F3N3O2/c15-14(16,17)22-12-5-1-4-11(7-12)20-13(18)19-8-10-3-2-6-21-9-10/h1,3-5,7H,2,6,8-9H2,(H3,18,19,20). The molecule has 2 rings (SSSR count). The minimum Gasteiger partial charge on any atom is -0.406 e. The summed E-state index contributed by atoms with van der Waals surface area (Å²) in [6.07, 6.45) is -1.85. The number of nitrogens with two attached hydrogens (primary N) is 1. The number of rotatable bonds is 4. The van der Waals surface area contributed by atoms with Crippen LogP contribution in [0.15, 0.2) is 40.9 Å². The Bertz CT molecular complexity index is 571. The highest BCUT2D eigenvalue weighted by Gasteiger charge is 2.31. The van der Waals surface area contributed by atoms with Crippen LogP contribution in [0.5, 0.6) is 5.75 Å². The smallest absolute Gasteiger partial charge is 0.406 e. The summed E-state index contributed by atoms with van der Waals surface area (Å²) in [6, 6.07) is 5.39. The molecule has 0 bridgehead atoms. The Balaban J connectivity index is 1.94. The lowest BCUT2D eigenvalue weighted by molar-refractivity contribution is -0.274. The Morgan fingerprint density at radius 3 is 2.91 bits per heavy atom. The Hall–Kier alpha value is -2.22. The highest BCUT2D eigenvalue weighted by Crippen LogP contribution is 2.24. The third kappa shape index (κ3) is 5.65. The van der Waals surface area contributed by atoms with E-state index in [-0.39, 0.29) is 11.7 Å². The van der Waals surface area contributed by atoms with E-state index in [0.29, 0.717) is 25.4 Å². The van der Waals surface area contributed by atoms with E-state index in [1.807, 2.05) is 6.08 Å². The van der Waals surface area contributed by atoms with Crippen molar-refractivity contribution in [1.82, 2.24) is 0 Å². The molecule has 0 aliphatic carbocycles. The fourth-order valence-electron chi connectivity index (χ4n) is 1.86. The van der Waals surface area contributed by atoms with Crippen molar-refractivity contribution in [2.75, 3.05) is 25.1 Å². The lowest BCUT2D eigenvalue weighted by Crippen LogP contribution is -2.23. The number of alkyl halides is 3. The van der Waals surface area contributed by atoms with Gasteiger partial charge in [0.2, 0.25) is 0 Å². The third-order valence-electron chi connectivity index (χ3n) is 2.78. The van der Waals surface area contributed by atoms with Gasteiger partial charge in [0.15, 0.2) is 5.96 Å². The van der Waals surface area contributed by atoms with E-state index in [0.717, 1.165) is 12.0 Å². The molecule has 1 aromatic carbocycles. The molecule has 1 aromatic rings. The molecule has 1 aliphatic rings. The number of nitrogens with one attached hydrogen (secondary N) is 1. The van der Waals surface area contributed by atoms with Crippen LogP contribution in [0.25, 0.3) is 0 Å². The zero-order valence-electron chi connectivity index (χ0n) is 11.7. The predicted molar refractivity (Wildman–Crippen MR) is 76.8 cm³/mol. The summed E-state index contributed by atoms with van der Waals surface area (Å²) >= 11 is 0. The van der Waals surface area contributed by atoms with Gasteiger partial charge in [-0.25, -0.2) is 4.99 Å². The summed E-state index contributed by atoms with van der Waals surface area (Å²) in [5.41, 5.74) is 7.08. The van der Waals surface area contributed by atoms with Crippen molar-refractivity contribution in [2.45, 2.75) is 12.8 Å². The number of nitrogens with zero attached hydrogens (tertiary/aromatic N) is 1. The molecule has 3 N–H and O–H groups in total. The summed E-state index contributed by atoms with van der Waals surface area (Å²) in [5, 5.41) is 2.72. The highest BCUT2D eigenvalue weighted by atomic mass is 19.4. The van der Waals surface area contributed by atoms with Gasteiger partial charge in [-0.3, -0.25) is 0 Å². The van der Waals surface area contributed by atoms with E-state index in [1.54, 1.807) is 6.07 Å². The summed E-state index contributed by atoms with van der Waals surface area (Å²) in [7, 11) is 0. The van der Waals surface area contributed by atoms with E-state index < -0.39 is 6.36 Å². The Labute approximate surface area is 125 Å². The number of hydrogen-bond donors (Lipinski definition) is 2. The molecule has 1 heterocycles. The maximum Gasteiger partial charge on any atom is 0.573 e. The van der Waals surface area contributed by atoms with Gasteiger partial charge in [0, 0.05) is 11.8 Å². The molecule has 0 fully saturated rings.